The SMILES string of the molecule is CCc1nn(C)c(CC)c1CNC(=NC)NCC1(CN2CCOCC2)CCCCC1. The van der Waals surface area contributed by atoms with Crippen molar-refractivity contribution in [2.75, 3.05) is 46.4 Å². The molecule has 1 aromatic rings. The molecule has 1 saturated carbocycles. The highest BCUT2D eigenvalue weighted by atomic mass is 16.5. The Labute approximate surface area is 182 Å². The molecule has 0 unspecified atom stereocenters. The summed E-state index contributed by atoms with van der Waals surface area (Å²) in [5.74, 6) is 0.898. The van der Waals surface area contributed by atoms with E-state index in [1.807, 2.05) is 18.8 Å². The molecule has 7 heteroatoms. The van der Waals surface area contributed by atoms with Gasteiger partial charge in [-0.2, -0.15) is 5.10 Å². The maximum absolute atomic E-state index is 5.56. The van der Waals surface area contributed by atoms with E-state index in [4.69, 9.17) is 9.84 Å². The number of aryl methyl sites for hydroxylation is 2. The minimum Gasteiger partial charge on any atom is -0.379 e. The second-order valence-corrected chi connectivity index (χ2v) is 8.93. The van der Waals surface area contributed by atoms with Crippen molar-refractivity contribution in [2.24, 2.45) is 17.5 Å². The van der Waals surface area contributed by atoms with Crippen LogP contribution in [-0.4, -0.2) is 67.1 Å². The van der Waals surface area contributed by atoms with E-state index in [0.29, 0.717) is 5.41 Å². The van der Waals surface area contributed by atoms with Crippen LogP contribution in [0.2, 0.25) is 0 Å². The Bertz CT molecular complexity index is 686. The Morgan fingerprint density at radius 3 is 2.47 bits per heavy atom. The predicted molar refractivity (Wildman–Crippen MR) is 123 cm³/mol. The normalized spacial score (nSPS) is 20.3. The fourth-order valence-corrected chi connectivity index (χ4v) is 5.18. The van der Waals surface area contributed by atoms with E-state index in [2.05, 4.69) is 34.4 Å². The standard InChI is InChI=1S/C23H42N6O/c1-5-20-19(21(6-2)28(4)27-20)16-25-22(24-3)26-17-23(10-8-7-9-11-23)18-29-12-14-30-15-13-29/h5-18H2,1-4H3,(H2,24,25,26). The molecule has 0 aromatic carbocycles. The molecule has 0 amide bonds. The molecule has 1 aliphatic heterocycles. The number of morpholine rings is 1. The predicted octanol–water partition coefficient (Wildman–Crippen LogP) is 2.49. The molecular formula is C23H42N6O. The summed E-state index contributed by atoms with van der Waals surface area (Å²) in [6, 6.07) is 0. The lowest BCUT2D eigenvalue weighted by atomic mass is 9.73. The highest BCUT2D eigenvalue weighted by molar-refractivity contribution is 5.79. The van der Waals surface area contributed by atoms with Gasteiger partial charge in [-0.1, -0.05) is 33.1 Å². The van der Waals surface area contributed by atoms with Gasteiger partial charge in [0.15, 0.2) is 5.96 Å². The summed E-state index contributed by atoms with van der Waals surface area (Å²) in [6.07, 6.45) is 8.61. The quantitative estimate of drug-likeness (QED) is 0.502. The number of aliphatic imine (C=N–C) groups is 1. The van der Waals surface area contributed by atoms with E-state index in [1.54, 1.807) is 0 Å². The zero-order valence-corrected chi connectivity index (χ0v) is 19.6. The van der Waals surface area contributed by atoms with Crippen molar-refractivity contribution in [1.29, 1.82) is 0 Å². The molecule has 0 radical (unpaired) electrons. The summed E-state index contributed by atoms with van der Waals surface area (Å²) in [5.41, 5.74) is 4.16. The first-order valence-electron chi connectivity index (χ1n) is 11.9. The van der Waals surface area contributed by atoms with Crippen molar-refractivity contribution in [3.8, 4) is 0 Å². The first kappa shape index (κ1) is 23.1. The number of rotatable bonds is 8. The van der Waals surface area contributed by atoms with Crippen LogP contribution < -0.4 is 10.6 Å². The molecule has 0 atom stereocenters. The molecule has 1 saturated heterocycles. The Morgan fingerprint density at radius 1 is 1.10 bits per heavy atom. The number of nitrogens with zero attached hydrogens (tertiary/aromatic N) is 4. The number of nitrogens with one attached hydrogen (secondary N) is 2. The van der Waals surface area contributed by atoms with Crippen molar-refractivity contribution in [3.05, 3.63) is 17.0 Å². The Balaban J connectivity index is 1.60. The highest BCUT2D eigenvalue weighted by Crippen LogP contribution is 2.36. The fraction of sp³-hybridized carbons (Fsp3) is 0.826. The van der Waals surface area contributed by atoms with Crippen molar-refractivity contribution < 1.29 is 4.74 Å². The fourth-order valence-electron chi connectivity index (χ4n) is 5.18. The van der Waals surface area contributed by atoms with Crippen molar-refractivity contribution in [1.82, 2.24) is 25.3 Å². The van der Waals surface area contributed by atoms with Gasteiger partial charge in [-0.25, -0.2) is 0 Å². The van der Waals surface area contributed by atoms with Crippen LogP contribution in [0.1, 0.15) is 62.9 Å². The van der Waals surface area contributed by atoms with Gasteiger partial charge < -0.3 is 15.4 Å². The maximum Gasteiger partial charge on any atom is 0.191 e. The van der Waals surface area contributed by atoms with E-state index in [0.717, 1.165) is 58.2 Å². The van der Waals surface area contributed by atoms with Crippen LogP contribution in [0.3, 0.4) is 0 Å². The summed E-state index contributed by atoms with van der Waals surface area (Å²) in [7, 11) is 3.92. The summed E-state index contributed by atoms with van der Waals surface area (Å²) in [4.78, 5) is 7.12. The van der Waals surface area contributed by atoms with Gasteiger partial charge in [0.25, 0.3) is 0 Å². The van der Waals surface area contributed by atoms with E-state index in [9.17, 15) is 0 Å². The average Bonchev–Trinajstić information content (AvgIpc) is 3.09. The zero-order chi connectivity index (χ0) is 21.4. The summed E-state index contributed by atoms with van der Waals surface area (Å²) < 4.78 is 7.59. The summed E-state index contributed by atoms with van der Waals surface area (Å²) >= 11 is 0. The molecule has 1 aromatic heterocycles. The van der Waals surface area contributed by atoms with Gasteiger partial charge in [-0.15, -0.1) is 0 Å². The highest BCUT2D eigenvalue weighted by Gasteiger charge is 2.34. The molecular weight excluding hydrogens is 376 g/mol. The molecule has 30 heavy (non-hydrogen) atoms. The molecule has 2 N–H and O–H groups in total. The van der Waals surface area contributed by atoms with E-state index < -0.39 is 0 Å². The Kier molecular flexibility index (Phi) is 8.57. The van der Waals surface area contributed by atoms with Crippen molar-refractivity contribution in [3.63, 3.8) is 0 Å². The Morgan fingerprint density at radius 2 is 1.83 bits per heavy atom. The van der Waals surface area contributed by atoms with Gasteiger partial charge in [-0.3, -0.25) is 14.6 Å². The number of hydrogen-bond acceptors (Lipinski definition) is 4. The number of aromatic nitrogens is 2. The second-order valence-electron chi connectivity index (χ2n) is 8.93. The van der Waals surface area contributed by atoms with E-state index in [1.165, 1.54) is 55.6 Å². The molecule has 0 spiro atoms. The summed E-state index contributed by atoms with van der Waals surface area (Å²) in [6.45, 7) is 11.2. The minimum absolute atomic E-state index is 0.338. The molecule has 2 aliphatic rings. The van der Waals surface area contributed by atoms with E-state index >= 15 is 0 Å². The lowest BCUT2D eigenvalue weighted by Crippen LogP contribution is -2.51. The average molecular weight is 419 g/mol. The molecule has 7 nitrogen and oxygen atoms in total. The van der Waals surface area contributed by atoms with Gasteiger partial charge in [0, 0.05) is 63.5 Å². The molecule has 0 bridgehead atoms. The van der Waals surface area contributed by atoms with Crippen LogP contribution >= 0.6 is 0 Å². The molecule has 2 fully saturated rings. The van der Waals surface area contributed by atoms with Crippen LogP contribution in [-0.2, 0) is 31.2 Å². The molecule has 2 heterocycles. The topological polar surface area (TPSA) is 66.7 Å². The third kappa shape index (κ3) is 5.76. The largest absolute Gasteiger partial charge is 0.379 e. The van der Waals surface area contributed by atoms with Gasteiger partial charge in [0.1, 0.15) is 0 Å². The smallest absolute Gasteiger partial charge is 0.191 e. The zero-order valence-electron chi connectivity index (χ0n) is 19.6. The van der Waals surface area contributed by atoms with E-state index in [-0.39, 0.29) is 0 Å². The minimum atomic E-state index is 0.338. The van der Waals surface area contributed by atoms with Gasteiger partial charge in [-0.05, 0) is 25.7 Å². The third-order valence-electron chi connectivity index (χ3n) is 6.89. The lowest BCUT2D eigenvalue weighted by molar-refractivity contribution is 0.00820. The van der Waals surface area contributed by atoms with Crippen LogP contribution in [0, 0.1) is 5.41 Å². The molecule has 170 valence electrons. The number of guanidine groups is 1. The number of hydrogen-bond donors (Lipinski definition) is 2. The summed E-state index contributed by atoms with van der Waals surface area (Å²) in [5, 5.41) is 11.9. The Hall–Kier alpha value is -1.60. The number of ether oxygens (including phenoxy) is 1. The monoisotopic (exact) mass is 418 g/mol. The second kappa shape index (κ2) is 11.1. The van der Waals surface area contributed by atoms with Crippen LogP contribution in [0.25, 0.3) is 0 Å². The van der Waals surface area contributed by atoms with Crippen LogP contribution in [0.4, 0.5) is 0 Å². The lowest BCUT2D eigenvalue weighted by Gasteiger charge is -2.42. The van der Waals surface area contributed by atoms with Crippen molar-refractivity contribution in [2.45, 2.75) is 65.3 Å². The van der Waals surface area contributed by atoms with Crippen LogP contribution in [0.5, 0.6) is 0 Å². The van der Waals surface area contributed by atoms with Gasteiger partial charge in [0.05, 0.1) is 18.9 Å². The molecule has 3 rings (SSSR count). The first-order valence-corrected chi connectivity index (χ1v) is 11.9. The van der Waals surface area contributed by atoms with Gasteiger partial charge >= 0.3 is 0 Å². The first-order chi connectivity index (χ1) is 14.6. The van der Waals surface area contributed by atoms with Gasteiger partial charge in [0.2, 0.25) is 0 Å². The molecule has 1 aliphatic carbocycles. The maximum atomic E-state index is 5.56. The third-order valence-corrected chi connectivity index (χ3v) is 6.89. The van der Waals surface area contributed by atoms with Crippen molar-refractivity contribution >= 4 is 5.96 Å². The van der Waals surface area contributed by atoms with Crippen LogP contribution in [0.15, 0.2) is 4.99 Å².